The molecule has 0 unspecified atom stereocenters. The minimum atomic E-state index is -0.580. The largest absolute Gasteiger partial charge is 0.455 e. The highest BCUT2D eigenvalue weighted by molar-refractivity contribution is 5.87. The van der Waals surface area contributed by atoms with Crippen molar-refractivity contribution >= 4 is 22.6 Å². The van der Waals surface area contributed by atoms with Gasteiger partial charge < -0.3 is 10.1 Å². The zero-order valence-corrected chi connectivity index (χ0v) is 15.3. The zero-order valence-electron chi connectivity index (χ0n) is 15.3. The lowest BCUT2D eigenvalue weighted by atomic mass is 10.1. The highest BCUT2D eigenvalue weighted by atomic mass is 16.5. The number of carbonyl (C=O) groups excluding carboxylic acids is 2. The third-order valence-corrected chi connectivity index (χ3v) is 4.26. The Morgan fingerprint density at radius 1 is 1.00 bits per heavy atom. The van der Waals surface area contributed by atoms with E-state index < -0.39 is 5.97 Å². The first-order valence-corrected chi connectivity index (χ1v) is 9.06. The van der Waals surface area contributed by atoms with Crippen LogP contribution in [0.3, 0.4) is 0 Å². The number of nitrogens with one attached hydrogen (secondary N) is 2. The van der Waals surface area contributed by atoms with Gasteiger partial charge in [0, 0.05) is 11.9 Å². The molecule has 0 aliphatic heterocycles. The first kappa shape index (κ1) is 19.3. The quantitative estimate of drug-likeness (QED) is 0.459. The lowest BCUT2D eigenvalue weighted by Gasteiger charge is -2.07. The van der Waals surface area contributed by atoms with Gasteiger partial charge in [-0.05, 0) is 24.5 Å². The van der Waals surface area contributed by atoms with Gasteiger partial charge in [0.05, 0.1) is 17.5 Å². The van der Waals surface area contributed by atoms with Crippen LogP contribution in [0.4, 0.5) is 0 Å². The monoisotopic (exact) mass is 379 g/mol. The number of hydrogen-bond acceptors (Lipinski definition) is 5. The van der Waals surface area contributed by atoms with Gasteiger partial charge in [-0.1, -0.05) is 48.5 Å². The molecule has 0 saturated heterocycles. The Morgan fingerprint density at radius 3 is 2.50 bits per heavy atom. The van der Waals surface area contributed by atoms with E-state index in [0.717, 1.165) is 12.8 Å². The van der Waals surface area contributed by atoms with Crippen LogP contribution < -0.4 is 10.9 Å². The second-order valence-corrected chi connectivity index (χ2v) is 6.32. The smallest absolute Gasteiger partial charge is 0.312 e. The number of fused-ring (bicyclic) bond motifs is 1. The number of nitrogens with zero attached hydrogens (tertiary/aromatic N) is 1. The van der Waals surface area contributed by atoms with Gasteiger partial charge in [-0.15, -0.1) is 0 Å². The van der Waals surface area contributed by atoms with E-state index >= 15 is 0 Å². The molecule has 3 rings (SSSR count). The lowest BCUT2D eigenvalue weighted by Crippen LogP contribution is -2.30. The van der Waals surface area contributed by atoms with Crippen LogP contribution in [0, 0.1) is 0 Å². The summed E-state index contributed by atoms with van der Waals surface area (Å²) in [5.41, 5.74) is 1.30. The number of rotatable bonds is 8. The lowest BCUT2D eigenvalue weighted by molar-refractivity contribution is -0.147. The molecule has 1 heterocycles. The summed E-state index contributed by atoms with van der Waals surface area (Å²) < 4.78 is 5.02. The maximum Gasteiger partial charge on any atom is 0.312 e. The Hall–Kier alpha value is -3.48. The molecule has 1 amide bonds. The predicted octanol–water partition coefficient (Wildman–Crippen LogP) is 1.76. The topological polar surface area (TPSA) is 101 Å². The second kappa shape index (κ2) is 9.45. The second-order valence-electron chi connectivity index (χ2n) is 6.32. The van der Waals surface area contributed by atoms with Crippen molar-refractivity contribution in [1.82, 2.24) is 15.5 Å². The number of aryl methyl sites for hydroxylation is 1. The summed E-state index contributed by atoms with van der Waals surface area (Å²) in [7, 11) is 0. The fourth-order valence-electron chi connectivity index (χ4n) is 2.86. The first-order valence-electron chi connectivity index (χ1n) is 9.06. The molecule has 2 N–H and O–H groups in total. The Bertz CT molecular complexity index is 1010. The Morgan fingerprint density at radius 2 is 1.71 bits per heavy atom. The van der Waals surface area contributed by atoms with Gasteiger partial charge in [0.1, 0.15) is 0 Å². The molecule has 144 valence electrons. The van der Waals surface area contributed by atoms with Gasteiger partial charge in [0.15, 0.2) is 6.61 Å². The molecular weight excluding hydrogens is 358 g/mol. The van der Waals surface area contributed by atoms with Crippen molar-refractivity contribution in [1.29, 1.82) is 0 Å². The van der Waals surface area contributed by atoms with Gasteiger partial charge in [-0.2, -0.15) is 5.10 Å². The summed E-state index contributed by atoms with van der Waals surface area (Å²) in [4.78, 5) is 35.6. The minimum absolute atomic E-state index is 0.126. The van der Waals surface area contributed by atoms with E-state index in [1.807, 2.05) is 30.3 Å². The van der Waals surface area contributed by atoms with E-state index in [4.69, 9.17) is 4.74 Å². The molecule has 0 fully saturated rings. The van der Waals surface area contributed by atoms with Gasteiger partial charge >= 0.3 is 5.97 Å². The molecule has 0 radical (unpaired) electrons. The molecule has 0 bridgehead atoms. The van der Waals surface area contributed by atoms with Crippen LogP contribution in [0.15, 0.2) is 59.4 Å². The van der Waals surface area contributed by atoms with Crippen LogP contribution in [0.25, 0.3) is 10.8 Å². The number of amides is 1. The van der Waals surface area contributed by atoms with Crippen LogP contribution in [0.1, 0.15) is 17.7 Å². The van der Waals surface area contributed by atoms with Crippen molar-refractivity contribution in [2.24, 2.45) is 0 Å². The molecule has 1 aromatic heterocycles. The molecule has 0 aliphatic carbocycles. The highest BCUT2D eigenvalue weighted by Crippen LogP contribution is 2.13. The minimum Gasteiger partial charge on any atom is -0.455 e. The van der Waals surface area contributed by atoms with E-state index in [2.05, 4.69) is 15.5 Å². The van der Waals surface area contributed by atoms with Crippen molar-refractivity contribution < 1.29 is 14.3 Å². The van der Waals surface area contributed by atoms with E-state index in [1.165, 1.54) is 5.56 Å². The van der Waals surface area contributed by atoms with Crippen LogP contribution in [0.2, 0.25) is 0 Å². The van der Waals surface area contributed by atoms with Gasteiger partial charge in [-0.25, -0.2) is 5.10 Å². The van der Waals surface area contributed by atoms with Gasteiger partial charge in [0.25, 0.3) is 11.5 Å². The van der Waals surface area contributed by atoms with Crippen molar-refractivity contribution in [3.8, 4) is 0 Å². The highest BCUT2D eigenvalue weighted by Gasteiger charge is 2.13. The van der Waals surface area contributed by atoms with Crippen molar-refractivity contribution in [3.05, 3.63) is 76.2 Å². The van der Waals surface area contributed by atoms with Crippen LogP contribution in [-0.2, 0) is 27.2 Å². The molecule has 3 aromatic rings. The molecule has 2 aromatic carbocycles. The average molecular weight is 379 g/mol. The van der Waals surface area contributed by atoms with Gasteiger partial charge in [-0.3, -0.25) is 14.4 Å². The normalized spacial score (nSPS) is 10.6. The number of esters is 1. The van der Waals surface area contributed by atoms with E-state index in [1.54, 1.807) is 24.3 Å². The van der Waals surface area contributed by atoms with Crippen LogP contribution in [-0.4, -0.2) is 35.2 Å². The third-order valence-electron chi connectivity index (χ3n) is 4.26. The standard InChI is InChI=1S/C21H21N3O4/c25-19(22-12-6-9-15-7-2-1-3-8-15)14-28-20(26)13-18-16-10-4-5-11-17(16)21(27)24-23-18/h1-5,7-8,10-11H,6,9,12-14H2,(H,22,25)(H,24,27). The zero-order chi connectivity index (χ0) is 19.8. The molecule has 28 heavy (non-hydrogen) atoms. The number of benzene rings is 2. The first-order chi connectivity index (χ1) is 13.6. The fraction of sp³-hybridized carbons (Fsp3) is 0.238. The summed E-state index contributed by atoms with van der Waals surface area (Å²) in [6.45, 7) is 0.169. The van der Waals surface area contributed by atoms with Crippen molar-refractivity contribution in [2.75, 3.05) is 13.2 Å². The Labute approximate surface area is 161 Å². The number of aromatic amines is 1. The summed E-state index contributed by atoms with van der Waals surface area (Å²) in [6.07, 6.45) is 1.54. The SMILES string of the molecule is O=C(COC(=O)Cc1n[nH]c(=O)c2ccccc12)NCCCc1ccccc1. The average Bonchev–Trinajstić information content (AvgIpc) is 2.73. The van der Waals surface area contributed by atoms with Crippen molar-refractivity contribution in [3.63, 3.8) is 0 Å². The molecule has 7 nitrogen and oxygen atoms in total. The van der Waals surface area contributed by atoms with E-state index in [0.29, 0.717) is 23.0 Å². The number of carbonyl (C=O) groups is 2. The summed E-state index contributed by atoms with van der Waals surface area (Å²) in [6, 6.07) is 16.9. The van der Waals surface area contributed by atoms with Crippen molar-refractivity contribution in [2.45, 2.75) is 19.3 Å². The summed E-state index contributed by atoms with van der Waals surface area (Å²) >= 11 is 0. The molecule has 0 spiro atoms. The Kier molecular flexibility index (Phi) is 6.51. The molecule has 0 atom stereocenters. The van der Waals surface area contributed by atoms with Crippen LogP contribution in [0.5, 0.6) is 0 Å². The van der Waals surface area contributed by atoms with E-state index in [-0.39, 0.29) is 24.5 Å². The number of H-pyrrole nitrogens is 1. The number of aromatic nitrogens is 2. The molecule has 7 heteroatoms. The van der Waals surface area contributed by atoms with Gasteiger partial charge in [0.2, 0.25) is 0 Å². The van der Waals surface area contributed by atoms with Crippen LogP contribution >= 0.6 is 0 Å². The molecule has 0 aliphatic rings. The third kappa shape index (κ3) is 5.26. The number of hydrogen-bond donors (Lipinski definition) is 2. The number of ether oxygens (including phenoxy) is 1. The molecule has 0 saturated carbocycles. The summed E-state index contributed by atoms with van der Waals surface area (Å²) in [5.74, 6) is -0.926. The predicted molar refractivity (Wildman–Crippen MR) is 105 cm³/mol. The Balaban J connectivity index is 1.42. The summed E-state index contributed by atoms with van der Waals surface area (Å²) in [5, 5.41) is 10.1. The maximum atomic E-state index is 12.0. The fourth-order valence-corrected chi connectivity index (χ4v) is 2.86. The molecular formula is C21H21N3O4. The van der Waals surface area contributed by atoms with E-state index in [9.17, 15) is 14.4 Å². The maximum absolute atomic E-state index is 12.0.